The molecule has 0 unspecified atom stereocenters. The van der Waals surface area contributed by atoms with Crippen LogP contribution in [-0.2, 0) is 13.1 Å². The Kier molecular flexibility index (Phi) is 6.81. The summed E-state index contributed by atoms with van der Waals surface area (Å²) in [4.78, 5) is 46.0. The molecular formula is C25H26N8O3. The first-order valence-electron chi connectivity index (χ1n) is 11.2. The predicted octanol–water partition coefficient (Wildman–Crippen LogP) is 2.32. The molecule has 1 aromatic carbocycles. The van der Waals surface area contributed by atoms with Crippen LogP contribution < -0.4 is 32.8 Å². The van der Waals surface area contributed by atoms with Crippen LogP contribution in [0.3, 0.4) is 0 Å². The Bertz CT molecular complexity index is 1500. The molecule has 11 heteroatoms. The summed E-state index contributed by atoms with van der Waals surface area (Å²) >= 11 is 0. The van der Waals surface area contributed by atoms with Crippen molar-refractivity contribution in [3.8, 4) is 11.3 Å². The second-order valence-electron chi connectivity index (χ2n) is 7.96. The highest BCUT2D eigenvalue weighted by Crippen LogP contribution is 2.24. The topological polar surface area (TPSA) is 170 Å². The molecule has 3 aromatic heterocycles. The third kappa shape index (κ3) is 4.80. The number of nitrogens with zero attached hydrogens (tertiary/aromatic N) is 3. The molecule has 3 amide bonds. The maximum atomic E-state index is 12.9. The molecule has 4 aromatic rings. The average molecular weight is 487 g/mol. The summed E-state index contributed by atoms with van der Waals surface area (Å²) in [5, 5.41) is 8.29. The first-order valence-corrected chi connectivity index (χ1v) is 11.2. The first kappa shape index (κ1) is 24.2. The summed E-state index contributed by atoms with van der Waals surface area (Å²) in [6, 6.07) is 13.6. The van der Waals surface area contributed by atoms with Gasteiger partial charge in [-0.25, -0.2) is 14.8 Å². The zero-order chi connectivity index (χ0) is 25.8. The minimum Gasteiger partial charge on any atom is -0.384 e. The van der Waals surface area contributed by atoms with Crippen LogP contribution in [0.5, 0.6) is 0 Å². The molecule has 4 rings (SSSR count). The molecule has 0 saturated carbocycles. The number of aryl methyl sites for hydroxylation is 1. The second kappa shape index (κ2) is 10.1. The van der Waals surface area contributed by atoms with Gasteiger partial charge in [0.15, 0.2) is 0 Å². The van der Waals surface area contributed by atoms with Crippen molar-refractivity contribution in [1.82, 2.24) is 25.2 Å². The Morgan fingerprint density at radius 2 is 1.78 bits per heavy atom. The maximum absolute atomic E-state index is 12.9. The van der Waals surface area contributed by atoms with E-state index in [0.717, 1.165) is 11.1 Å². The number of carbonyl (C=O) groups is 2. The molecule has 184 valence electrons. The maximum Gasteiger partial charge on any atom is 0.319 e. The number of nitrogen functional groups attached to an aromatic ring is 2. The van der Waals surface area contributed by atoms with Crippen LogP contribution in [0.15, 0.2) is 59.5 Å². The van der Waals surface area contributed by atoms with Gasteiger partial charge in [0.25, 0.3) is 5.91 Å². The van der Waals surface area contributed by atoms with E-state index >= 15 is 0 Å². The number of hydrogen-bond acceptors (Lipinski definition) is 7. The molecule has 0 atom stereocenters. The number of aromatic nitrogens is 3. The number of nitrogens with two attached hydrogens (primary N) is 2. The van der Waals surface area contributed by atoms with Gasteiger partial charge in [0, 0.05) is 37.6 Å². The smallest absolute Gasteiger partial charge is 0.319 e. The quantitative estimate of drug-likeness (QED) is 0.278. The summed E-state index contributed by atoms with van der Waals surface area (Å²) in [6.07, 6.45) is 1.60. The lowest BCUT2D eigenvalue weighted by molar-refractivity contribution is 0.0962. The number of hydrogen-bond donors (Lipinski definition) is 5. The van der Waals surface area contributed by atoms with Gasteiger partial charge in [-0.1, -0.05) is 18.2 Å². The largest absolute Gasteiger partial charge is 0.384 e. The molecule has 0 aliphatic carbocycles. The van der Waals surface area contributed by atoms with Crippen LogP contribution in [-0.4, -0.2) is 33.5 Å². The van der Waals surface area contributed by atoms with Crippen molar-refractivity contribution >= 4 is 40.3 Å². The van der Waals surface area contributed by atoms with E-state index in [-0.39, 0.29) is 17.4 Å². The molecule has 7 N–H and O–H groups in total. The normalized spacial score (nSPS) is 10.7. The van der Waals surface area contributed by atoms with Gasteiger partial charge in [0.1, 0.15) is 22.8 Å². The number of fused-ring (bicyclic) bond motifs is 1. The van der Waals surface area contributed by atoms with E-state index in [1.165, 1.54) is 7.05 Å². The fourth-order valence-corrected chi connectivity index (χ4v) is 3.78. The lowest BCUT2D eigenvalue weighted by Gasteiger charge is -2.15. The molecule has 11 nitrogen and oxygen atoms in total. The van der Waals surface area contributed by atoms with Crippen molar-refractivity contribution in [2.75, 3.05) is 23.8 Å². The highest BCUT2D eigenvalue weighted by molar-refractivity contribution is 6.01. The summed E-state index contributed by atoms with van der Waals surface area (Å²) in [5.74, 6) is -0.0541. The van der Waals surface area contributed by atoms with Gasteiger partial charge in [-0.05, 0) is 42.8 Å². The molecular weight excluding hydrogens is 460 g/mol. The molecule has 3 heterocycles. The number of anilines is 3. The Balaban J connectivity index is 1.54. The van der Waals surface area contributed by atoms with Crippen molar-refractivity contribution in [1.29, 1.82) is 0 Å². The summed E-state index contributed by atoms with van der Waals surface area (Å²) < 4.78 is 1.64. The van der Waals surface area contributed by atoms with Crippen molar-refractivity contribution in [2.24, 2.45) is 0 Å². The fourth-order valence-electron chi connectivity index (χ4n) is 3.78. The molecule has 0 aliphatic rings. The van der Waals surface area contributed by atoms with Gasteiger partial charge in [-0.3, -0.25) is 9.59 Å². The Labute approximate surface area is 206 Å². The minimum absolute atomic E-state index is 0.0688. The van der Waals surface area contributed by atoms with Gasteiger partial charge in [0.2, 0.25) is 5.43 Å². The predicted molar refractivity (Wildman–Crippen MR) is 139 cm³/mol. The number of amides is 3. The van der Waals surface area contributed by atoms with E-state index in [9.17, 15) is 14.4 Å². The molecule has 0 spiro atoms. The number of urea groups is 1. The Morgan fingerprint density at radius 1 is 1.03 bits per heavy atom. The van der Waals surface area contributed by atoms with Crippen molar-refractivity contribution in [3.05, 3.63) is 76.1 Å². The number of benzene rings is 1. The zero-order valence-electron chi connectivity index (χ0n) is 19.8. The molecule has 0 radical (unpaired) electrons. The third-order valence-electron chi connectivity index (χ3n) is 5.66. The van der Waals surface area contributed by atoms with Crippen LogP contribution in [0, 0.1) is 0 Å². The van der Waals surface area contributed by atoms with E-state index in [2.05, 4.69) is 25.9 Å². The van der Waals surface area contributed by atoms with Crippen LogP contribution in [0.25, 0.3) is 22.3 Å². The lowest BCUT2D eigenvalue weighted by atomic mass is 10.1. The Hall–Kier alpha value is -4.93. The number of carbonyl (C=O) groups excluding carboxylic acids is 2. The molecule has 36 heavy (non-hydrogen) atoms. The van der Waals surface area contributed by atoms with E-state index in [0.29, 0.717) is 41.3 Å². The van der Waals surface area contributed by atoms with Gasteiger partial charge in [-0.15, -0.1) is 0 Å². The van der Waals surface area contributed by atoms with Crippen molar-refractivity contribution < 1.29 is 9.59 Å². The van der Waals surface area contributed by atoms with Crippen molar-refractivity contribution in [3.63, 3.8) is 0 Å². The molecule has 0 saturated heterocycles. The lowest BCUT2D eigenvalue weighted by Crippen LogP contribution is -2.30. The highest BCUT2D eigenvalue weighted by atomic mass is 16.2. The molecule has 0 fully saturated rings. The standard InChI is InChI=1S/C25H26N8O3/c1-3-33-22(27)20(24(35)28-2)21(34)17-9-10-18(32-23(17)33)15-5-7-16(8-6-15)31-25(36)30-13-14-4-11-19(26)29-12-14/h4-12H,3,13,27H2,1-2H3,(H2,26,29)(H,28,35)(H2,30,31,36). The van der Waals surface area contributed by atoms with E-state index < -0.39 is 11.3 Å². The average Bonchev–Trinajstić information content (AvgIpc) is 2.88. The Morgan fingerprint density at radius 3 is 2.42 bits per heavy atom. The number of pyridine rings is 3. The van der Waals surface area contributed by atoms with Crippen LogP contribution in [0.2, 0.25) is 0 Å². The minimum atomic E-state index is -0.539. The van der Waals surface area contributed by atoms with E-state index in [4.69, 9.17) is 11.5 Å². The first-order chi connectivity index (χ1) is 17.3. The summed E-state index contributed by atoms with van der Waals surface area (Å²) in [6.45, 7) is 2.59. The third-order valence-corrected chi connectivity index (χ3v) is 5.66. The van der Waals surface area contributed by atoms with Gasteiger partial charge in [0.05, 0.1) is 11.1 Å². The fraction of sp³-hybridized carbons (Fsp3) is 0.160. The van der Waals surface area contributed by atoms with Gasteiger partial charge in [-0.2, -0.15) is 0 Å². The number of nitrogens with one attached hydrogen (secondary N) is 3. The summed E-state index contributed by atoms with van der Waals surface area (Å²) in [7, 11) is 1.45. The molecule has 0 aliphatic heterocycles. The zero-order valence-corrected chi connectivity index (χ0v) is 19.8. The van der Waals surface area contributed by atoms with Gasteiger partial charge >= 0.3 is 6.03 Å². The summed E-state index contributed by atoms with van der Waals surface area (Å²) in [5.41, 5.74) is 14.4. The highest BCUT2D eigenvalue weighted by Gasteiger charge is 2.20. The number of rotatable bonds is 6. The molecule has 0 bridgehead atoms. The van der Waals surface area contributed by atoms with Gasteiger partial charge < -0.3 is 32.0 Å². The SMILES string of the molecule is CCn1c(N)c(C(=O)NC)c(=O)c2ccc(-c3ccc(NC(=O)NCc4ccc(N)nc4)cc3)nc21. The van der Waals surface area contributed by atoms with Crippen LogP contribution in [0.4, 0.5) is 22.1 Å². The van der Waals surface area contributed by atoms with Crippen LogP contribution in [0.1, 0.15) is 22.8 Å². The van der Waals surface area contributed by atoms with Crippen LogP contribution >= 0.6 is 0 Å². The monoisotopic (exact) mass is 486 g/mol. The second-order valence-corrected chi connectivity index (χ2v) is 7.96. The van der Waals surface area contributed by atoms with E-state index in [1.54, 1.807) is 47.2 Å². The van der Waals surface area contributed by atoms with E-state index in [1.807, 2.05) is 19.1 Å². The van der Waals surface area contributed by atoms with Crippen molar-refractivity contribution in [2.45, 2.75) is 20.0 Å².